The quantitative estimate of drug-likeness (QED) is 0.398. The van der Waals surface area contributed by atoms with Crippen LogP contribution in [0.1, 0.15) is 0 Å². The largest absolute Gasteiger partial charge is 1.00 e. The SMILES string of the molecule is [Cl-].[NH3+]C1=CCS(=O)(=O)C1. The first-order valence-electron chi connectivity index (χ1n) is 2.31. The first-order valence-corrected chi connectivity index (χ1v) is 4.14. The third-order valence-electron chi connectivity index (χ3n) is 1.03. The van der Waals surface area contributed by atoms with Crippen LogP contribution in [0.25, 0.3) is 0 Å². The summed E-state index contributed by atoms with van der Waals surface area (Å²) >= 11 is 0. The van der Waals surface area contributed by atoms with E-state index >= 15 is 0 Å². The summed E-state index contributed by atoms with van der Waals surface area (Å²) in [5, 5.41) is 0. The van der Waals surface area contributed by atoms with Gasteiger partial charge in [-0.1, -0.05) is 0 Å². The van der Waals surface area contributed by atoms with Gasteiger partial charge in [-0.05, 0) is 6.08 Å². The van der Waals surface area contributed by atoms with E-state index in [-0.39, 0.29) is 23.9 Å². The standard InChI is InChI=1S/C4H7NO2S.ClH/c5-4-1-2-8(6,7)3-4;/h1H,2-3,5H2;1H. The van der Waals surface area contributed by atoms with E-state index in [0.29, 0.717) is 0 Å². The lowest BCUT2D eigenvalue weighted by molar-refractivity contribution is -0.300. The molecular weight excluding hydrogens is 162 g/mol. The second-order valence-corrected chi connectivity index (χ2v) is 4.03. The first-order chi connectivity index (χ1) is 3.60. The van der Waals surface area contributed by atoms with Crippen LogP contribution >= 0.6 is 0 Å². The minimum absolute atomic E-state index is 0. The normalized spacial score (nSPS) is 22.6. The molecule has 1 heterocycles. The van der Waals surface area contributed by atoms with Crippen molar-refractivity contribution in [2.24, 2.45) is 0 Å². The van der Waals surface area contributed by atoms with Crippen LogP contribution in [0.2, 0.25) is 0 Å². The van der Waals surface area contributed by atoms with E-state index in [1.54, 1.807) is 6.08 Å². The van der Waals surface area contributed by atoms with Crippen LogP contribution < -0.4 is 18.1 Å². The minimum atomic E-state index is -2.75. The average Bonchev–Trinajstić information content (AvgIpc) is 1.82. The van der Waals surface area contributed by atoms with E-state index in [1.165, 1.54) is 0 Å². The van der Waals surface area contributed by atoms with E-state index in [9.17, 15) is 8.42 Å². The van der Waals surface area contributed by atoms with Crippen LogP contribution in [-0.4, -0.2) is 19.9 Å². The molecule has 3 nitrogen and oxygen atoms in total. The summed E-state index contributed by atoms with van der Waals surface area (Å²) in [5.74, 6) is 0.346. The summed E-state index contributed by atoms with van der Waals surface area (Å²) in [4.78, 5) is 0. The maximum atomic E-state index is 10.5. The van der Waals surface area contributed by atoms with E-state index in [0.717, 1.165) is 5.70 Å². The van der Waals surface area contributed by atoms with Crippen LogP contribution in [-0.2, 0) is 9.84 Å². The Morgan fingerprint density at radius 3 is 2.22 bits per heavy atom. The van der Waals surface area contributed by atoms with Gasteiger partial charge in [0.2, 0.25) is 0 Å². The summed E-state index contributed by atoms with van der Waals surface area (Å²) in [6.45, 7) is 0. The fraction of sp³-hybridized carbons (Fsp3) is 0.500. The third kappa shape index (κ3) is 2.34. The van der Waals surface area contributed by atoms with Crippen LogP contribution in [0.15, 0.2) is 11.8 Å². The van der Waals surface area contributed by atoms with E-state index in [4.69, 9.17) is 0 Å². The Labute approximate surface area is 60.3 Å². The molecule has 1 aliphatic rings. The number of halogens is 1. The molecule has 3 N–H and O–H groups in total. The van der Waals surface area contributed by atoms with Crippen LogP contribution in [0.4, 0.5) is 0 Å². The van der Waals surface area contributed by atoms with Crippen molar-refractivity contribution in [3.63, 3.8) is 0 Å². The fourth-order valence-electron chi connectivity index (χ4n) is 0.645. The molecule has 1 aliphatic heterocycles. The van der Waals surface area contributed by atoms with Gasteiger partial charge in [0.05, 0.1) is 5.75 Å². The second-order valence-electron chi connectivity index (χ2n) is 1.92. The van der Waals surface area contributed by atoms with Gasteiger partial charge in [-0.15, -0.1) is 0 Å². The molecule has 0 unspecified atom stereocenters. The molecule has 9 heavy (non-hydrogen) atoms. The van der Waals surface area contributed by atoms with Gasteiger partial charge in [0.25, 0.3) is 0 Å². The Bertz CT molecular complexity index is 219. The molecule has 0 saturated carbocycles. The lowest BCUT2D eigenvalue weighted by Crippen LogP contribution is -3.00. The topological polar surface area (TPSA) is 61.8 Å². The minimum Gasteiger partial charge on any atom is -1.00 e. The summed E-state index contributed by atoms with van der Waals surface area (Å²) in [6, 6.07) is 0. The smallest absolute Gasteiger partial charge is 0.163 e. The summed E-state index contributed by atoms with van der Waals surface area (Å²) < 4.78 is 21.1. The number of rotatable bonds is 0. The molecule has 0 aromatic rings. The van der Waals surface area contributed by atoms with Gasteiger partial charge in [-0.2, -0.15) is 0 Å². The van der Waals surface area contributed by atoms with Gasteiger partial charge in [0, 0.05) is 0 Å². The molecular formula is C4H8ClNO2S. The monoisotopic (exact) mass is 169 g/mol. The Balaban J connectivity index is 0.000000640. The van der Waals surface area contributed by atoms with Crippen molar-refractivity contribution < 1.29 is 26.6 Å². The highest BCUT2D eigenvalue weighted by molar-refractivity contribution is 7.91. The molecule has 0 aromatic carbocycles. The molecule has 0 fully saturated rings. The zero-order valence-corrected chi connectivity index (χ0v) is 6.37. The Morgan fingerprint density at radius 1 is 1.56 bits per heavy atom. The summed E-state index contributed by atoms with van der Waals surface area (Å²) in [5.41, 5.74) is 4.24. The first kappa shape index (κ1) is 8.94. The van der Waals surface area contributed by atoms with Crippen molar-refractivity contribution in [3.8, 4) is 0 Å². The maximum absolute atomic E-state index is 10.5. The molecule has 5 heteroatoms. The fourth-order valence-corrected chi connectivity index (χ4v) is 1.94. The highest BCUT2D eigenvalue weighted by atomic mass is 35.5. The Morgan fingerprint density at radius 2 is 2.11 bits per heavy atom. The van der Waals surface area contributed by atoms with E-state index < -0.39 is 9.84 Å². The van der Waals surface area contributed by atoms with Crippen molar-refractivity contribution in [1.82, 2.24) is 0 Å². The molecule has 0 bridgehead atoms. The van der Waals surface area contributed by atoms with Crippen LogP contribution in [0.5, 0.6) is 0 Å². The average molecular weight is 170 g/mol. The molecule has 0 amide bonds. The van der Waals surface area contributed by atoms with E-state index in [2.05, 4.69) is 5.73 Å². The van der Waals surface area contributed by atoms with Crippen molar-refractivity contribution in [2.45, 2.75) is 0 Å². The lowest BCUT2D eigenvalue weighted by Gasteiger charge is -1.83. The highest BCUT2D eigenvalue weighted by Crippen LogP contribution is 2.03. The third-order valence-corrected chi connectivity index (χ3v) is 2.52. The molecule has 0 aliphatic carbocycles. The Hall–Kier alpha value is -0.0600. The number of hydrogen-bond donors (Lipinski definition) is 1. The van der Waals surface area contributed by atoms with Gasteiger partial charge in [-0.3, -0.25) is 0 Å². The number of hydrogen-bond acceptors (Lipinski definition) is 2. The molecule has 0 atom stereocenters. The molecule has 0 spiro atoms. The maximum Gasteiger partial charge on any atom is 0.163 e. The van der Waals surface area contributed by atoms with Gasteiger partial charge >= 0.3 is 0 Å². The number of quaternary nitrogens is 1. The molecule has 54 valence electrons. The van der Waals surface area contributed by atoms with Crippen molar-refractivity contribution in [3.05, 3.63) is 11.8 Å². The Kier molecular flexibility index (Phi) is 2.66. The molecule has 1 rings (SSSR count). The van der Waals surface area contributed by atoms with E-state index in [1.807, 2.05) is 0 Å². The zero-order chi connectivity index (χ0) is 6.20. The van der Waals surface area contributed by atoms with Crippen LogP contribution in [0, 0.1) is 0 Å². The second kappa shape index (κ2) is 2.68. The molecule has 0 radical (unpaired) electrons. The molecule has 0 saturated heterocycles. The van der Waals surface area contributed by atoms with Crippen molar-refractivity contribution in [2.75, 3.05) is 11.5 Å². The van der Waals surface area contributed by atoms with Gasteiger partial charge in [0.1, 0.15) is 11.4 Å². The number of sulfone groups is 1. The van der Waals surface area contributed by atoms with Gasteiger partial charge in [0.15, 0.2) is 9.84 Å². The van der Waals surface area contributed by atoms with Crippen molar-refractivity contribution >= 4 is 9.84 Å². The van der Waals surface area contributed by atoms with Gasteiger partial charge in [-0.25, -0.2) is 8.42 Å². The highest BCUT2D eigenvalue weighted by Gasteiger charge is 2.19. The van der Waals surface area contributed by atoms with Crippen molar-refractivity contribution in [1.29, 1.82) is 0 Å². The summed E-state index contributed by atoms with van der Waals surface area (Å²) in [7, 11) is -2.75. The summed E-state index contributed by atoms with van der Waals surface area (Å²) in [6.07, 6.45) is 1.65. The predicted octanol–water partition coefficient (Wildman–Crippen LogP) is -4.46. The zero-order valence-electron chi connectivity index (χ0n) is 4.80. The molecule has 0 aromatic heterocycles. The van der Waals surface area contributed by atoms with Gasteiger partial charge < -0.3 is 18.1 Å². The van der Waals surface area contributed by atoms with Crippen LogP contribution in [0.3, 0.4) is 0 Å². The predicted molar refractivity (Wildman–Crippen MR) is 29.6 cm³/mol. The lowest BCUT2D eigenvalue weighted by atomic mass is 10.5.